The van der Waals surface area contributed by atoms with Gasteiger partial charge in [0, 0.05) is 12.6 Å². The van der Waals surface area contributed by atoms with Crippen molar-refractivity contribution >= 4 is 0 Å². The van der Waals surface area contributed by atoms with Crippen LogP contribution in [0.3, 0.4) is 0 Å². The van der Waals surface area contributed by atoms with E-state index < -0.39 is 0 Å². The van der Waals surface area contributed by atoms with E-state index in [0.29, 0.717) is 12.1 Å². The van der Waals surface area contributed by atoms with E-state index in [1.807, 2.05) is 6.92 Å². The summed E-state index contributed by atoms with van der Waals surface area (Å²) in [5.74, 6) is 2.11. The molecule has 1 saturated heterocycles. The van der Waals surface area contributed by atoms with E-state index in [9.17, 15) is 0 Å². The first-order chi connectivity index (χ1) is 8.22. The van der Waals surface area contributed by atoms with Crippen LogP contribution < -0.4 is 5.32 Å². The van der Waals surface area contributed by atoms with Crippen LogP contribution in [0, 0.1) is 6.92 Å². The van der Waals surface area contributed by atoms with E-state index in [4.69, 9.17) is 4.42 Å². The van der Waals surface area contributed by atoms with Crippen molar-refractivity contribution < 1.29 is 4.42 Å². The lowest BCUT2D eigenvalue weighted by Gasteiger charge is -2.32. The molecule has 1 aromatic rings. The summed E-state index contributed by atoms with van der Waals surface area (Å²) in [7, 11) is 0. The highest BCUT2D eigenvalue weighted by molar-refractivity contribution is 5.09. The van der Waals surface area contributed by atoms with Crippen LogP contribution in [0.25, 0.3) is 0 Å². The predicted octanol–water partition coefficient (Wildman–Crippen LogP) is 2.72. The maximum absolute atomic E-state index is 5.77. The lowest BCUT2D eigenvalue weighted by atomic mass is 10.1. The Kier molecular flexibility index (Phi) is 4.24. The minimum Gasteiger partial charge on any atom is -0.465 e. The molecular weight excluding hydrogens is 212 g/mol. The average Bonchev–Trinajstić information content (AvgIpc) is 2.95. The molecule has 1 aliphatic heterocycles. The Bertz CT molecular complexity index is 342. The fourth-order valence-electron chi connectivity index (χ4n) is 2.71. The van der Waals surface area contributed by atoms with Crippen molar-refractivity contribution in [1.29, 1.82) is 0 Å². The topological polar surface area (TPSA) is 28.4 Å². The number of hydrogen-bond acceptors (Lipinski definition) is 3. The SMILES string of the molecule is CCCN(C1CCNC1)C(C)c1ccc(C)o1. The molecule has 0 aliphatic carbocycles. The summed E-state index contributed by atoms with van der Waals surface area (Å²) in [6, 6.07) is 5.22. The first-order valence-electron chi connectivity index (χ1n) is 6.75. The van der Waals surface area contributed by atoms with Gasteiger partial charge in [-0.2, -0.15) is 0 Å². The monoisotopic (exact) mass is 236 g/mol. The molecule has 1 aromatic heterocycles. The molecular formula is C14H24N2O. The van der Waals surface area contributed by atoms with Crippen LogP contribution in [-0.2, 0) is 0 Å². The predicted molar refractivity (Wildman–Crippen MR) is 70.1 cm³/mol. The maximum atomic E-state index is 5.77. The zero-order valence-electron chi connectivity index (χ0n) is 11.2. The zero-order chi connectivity index (χ0) is 12.3. The van der Waals surface area contributed by atoms with Crippen LogP contribution >= 0.6 is 0 Å². The standard InChI is InChI=1S/C14H24N2O/c1-4-9-16(13-7-8-15-10-13)12(3)14-6-5-11(2)17-14/h5-6,12-13,15H,4,7-10H2,1-3H3. The lowest BCUT2D eigenvalue weighted by Crippen LogP contribution is -2.39. The Morgan fingerprint density at radius 3 is 2.88 bits per heavy atom. The van der Waals surface area contributed by atoms with Crippen LogP contribution in [-0.4, -0.2) is 30.6 Å². The summed E-state index contributed by atoms with van der Waals surface area (Å²) in [6.07, 6.45) is 2.45. The number of nitrogens with zero attached hydrogens (tertiary/aromatic N) is 1. The molecule has 2 heterocycles. The molecule has 2 unspecified atom stereocenters. The van der Waals surface area contributed by atoms with Crippen molar-refractivity contribution in [3.05, 3.63) is 23.7 Å². The highest BCUT2D eigenvalue weighted by Gasteiger charge is 2.27. The molecule has 17 heavy (non-hydrogen) atoms. The summed E-state index contributed by atoms with van der Waals surface area (Å²) < 4.78 is 5.77. The van der Waals surface area contributed by atoms with Crippen LogP contribution in [0.4, 0.5) is 0 Å². The first kappa shape index (κ1) is 12.7. The summed E-state index contributed by atoms with van der Waals surface area (Å²) in [5, 5.41) is 3.45. The number of hydrogen-bond donors (Lipinski definition) is 1. The van der Waals surface area contributed by atoms with Crippen LogP contribution in [0.5, 0.6) is 0 Å². The smallest absolute Gasteiger partial charge is 0.121 e. The molecule has 1 fully saturated rings. The Morgan fingerprint density at radius 2 is 2.35 bits per heavy atom. The lowest BCUT2D eigenvalue weighted by molar-refractivity contribution is 0.136. The molecule has 0 spiro atoms. The number of rotatable bonds is 5. The van der Waals surface area contributed by atoms with Crippen molar-refractivity contribution in [2.24, 2.45) is 0 Å². The minimum absolute atomic E-state index is 0.383. The molecule has 96 valence electrons. The number of nitrogens with one attached hydrogen (secondary N) is 1. The van der Waals surface area contributed by atoms with E-state index >= 15 is 0 Å². The van der Waals surface area contributed by atoms with Gasteiger partial charge < -0.3 is 9.73 Å². The van der Waals surface area contributed by atoms with Gasteiger partial charge in [0.2, 0.25) is 0 Å². The van der Waals surface area contributed by atoms with Crippen LogP contribution in [0.15, 0.2) is 16.5 Å². The number of furan rings is 1. The Morgan fingerprint density at radius 1 is 1.53 bits per heavy atom. The molecule has 1 N–H and O–H groups in total. The van der Waals surface area contributed by atoms with Crippen molar-refractivity contribution in [3.8, 4) is 0 Å². The van der Waals surface area contributed by atoms with Crippen molar-refractivity contribution in [3.63, 3.8) is 0 Å². The highest BCUT2D eigenvalue weighted by atomic mass is 16.3. The van der Waals surface area contributed by atoms with Crippen LogP contribution in [0.2, 0.25) is 0 Å². The van der Waals surface area contributed by atoms with Gasteiger partial charge in [-0.15, -0.1) is 0 Å². The zero-order valence-corrected chi connectivity index (χ0v) is 11.2. The second-order valence-corrected chi connectivity index (χ2v) is 5.01. The summed E-state index contributed by atoms with van der Waals surface area (Å²) in [5.41, 5.74) is 0. The third-order valence-electron chi connectivity index (χ3n) is 3.66. The average molecular weight is 236 g/mol. The Balaban J connectivity index is 2.08. The molecule has 1 aliphatic rings. The van der Waals surface area contributed by atoms with Crippen LogP contribution in [0.1, 0.15) is 44.3 Å². The molecule has 3 nitrogen and oxygen atoms in total. The van der Waals surface area contributed by atoms with E-state index in [0.717, 1.165) is 31.2 Å². The summed E-state index contributed by atoms with van der Waals surface area (Å²) in [6.45, 7) is 9.92. The molecule has 0 aromatic carbocycles. The fourth-order valence-corrected chi connectivity index (χ4v) is 2.71. The molecule has 2 atom stereocenters. The van der Waals surface area contributed by atoms with Gasteiger partial charge >= 0.3 is 0 Å². The van der Waals surface area contributed by atoms with Gasteiger partial charge in [0.15, 0.2) is 0 Å². The van der Waals surface area contributed by atoms with Gasteiger partial charge in [0.1, 0.15) is 11.5 Å². The van der Waals surface area contributed by atoms with Crippen molar-refractivity contribution in [2.75, 3.05) is 19.6 Å². The Hall–Kier alpha value is -0.800. The van der Waals surface area contributed by atoms with E-state index in [-0.39, 0.29) is 0 Å². The van der Waals surface area contributed by atoms with Gasteiger partial charge in [0.05, 0.1) is 6.04 Å². The summed E-state index contributed by atoms with van der Waals surface area (Å²) >= 11 is 0. The fraction of sp³-hybridized carbons (Fsp3) is 0.714. The van der Waals surface area contributed by atoms with E-state index in [2.05, 4.69) is 36.2 Å². The van der Waals surface area contributed by atoms with E-state index in [1.54, 1.807) is 0 Å². The van der Waals surface area contributed by atoms with Gasteiger partial charge in [-0.05, 0) is 51.9 Å². The second kappa shape index (κ2) is 5.69. The third-order valence-corrected chi connectivity index (χ3v) is 3.66. The third kappa shape index (κ3) is 2.90. The quantitative estimate of drug-likeness (QED) is 0.852. The van der Waals surface area contributed by atoms with Crippen molar-refractivity contribution in [1.82, 2.24) is 10.2 Å². The molecule has 0 saturated carbocycles. The normalized spacial score (nSPS) is 22.2. The van der Waals surface area contributed by atoms with Gasteiger partial charge in [-0.25, -0.2) is 0 Å². The van der Waals surface area contributed by atoms with Gasteiger partial charge in [-0.1, -0.05) is 6.92 Å². The minimum atomic E-state index is 0.383. The molecule has 3 heteroatoms. The van der Waals surface area contributed by atoms with Crippen molar-refractivity contribution in [2.45, 2.75) is 45.7 Å². The van der Waals surface area contributed by atoms with E-state index in [1.165, 1.54) is 12.8 Å². The second-order valence-electron chi connectivity index (χ2n) is 5.01. The molecule has 0 amide bonds. The molecule has 0 bridgehead atoms. The first-order valence-corrected chi connectivity index (χ1v) is 6.75. The number of aryl methyl sites for hydroxylation is 1. The Labute approximate surface area is 104 Å². The highest BCUT2D eigenvalue weighted by Crippen LogP contribution is 2.26. The van der Waals surface area contributed by atoms with Gasteiger partial charge in [0.25, 0.3) is 0 Å². The molecule has 0 radical (unpaired) electrons. The molecule has 2 rings (SSSR count). The summed E-state index contributed by atoms with van der Waals surface area (Å²) in [4.78, 5) is 2.58. The maximum Gasteiger partial charge on any atom is 0.121 e. The van der Waals surface area contributed by atoms with Gasteiger partial charge in [-0.3, -0.25) is 4.90 Å². The largest absolute Gasteiger partial charge is 0.465 e.